The molecule has 1 aromatic carbocycles. The highest BCUT2D eigenvalue weighted by molar-refractivity contribution is 9.10. The Kier molecular flexibility index (Phi) is 3.27. The monoisotopic (exact) mass is 243 g/mol. The Labute approximate surface area is 84.6 Å². The zero-order valence-electron chi connectivity index (χ0n) is 7.08. The van der Waals surface area contributed by atoms with E-state index in [9.17, 15) is 0 Å². The molecule has 13 heavy (non-hydrogen) atoms. The summed E-state index contributed by atoms with van der Waals surface area (Å²) in [4.78, 5) is 3.93. The van der Waals surface area contributed by atoms with Crippen LogP contribution in [0.1, 0.15) is 5.56 Å². The van der Waals surface area contributed by atoms with E-state index < -0.39 is 0 Å². The third-order valence-corrected chi connectivity index (χ3v) is 2.01. The number of guanidine groups is 1. The Morgan fingerprint density at radius 1 is 1.62 bits per heavy atom. The lowest BCUT2D eigenvalue weighted by Gasteiger charge is -2.01. The molecule has 0 atom stereocenters. The Balaban J connectivity index is 3.03. The van der Waals surface area contributed by atoms with Crippen LogP contribution in [-0.2, 0) is 0 Å². The van der Waals surface area contributed by atoms with E-state index in [-0.39, 0.29) is 5.96 Å². The molecular weight excluding hydrogens is 234 g/mol. The molecule has 70 valence electrons. The van der Waals surface area contributed by atoms with Crippen LogP contribution in [0.2, 0.25) is 0 Å². The summed E-state index contributed by atoms with van der Waals surface area (Å²) in [7, 11) is 0. The number of nitrogens with two attached hydrogens (primary N) is 1. The minimum atomic E-state index is -0.0228. The number of halogens is 1. The van der Waals surface area contributed by atoms with Gasteiger partial charge in [-0.1, -0.05) is 15.9 Å². The summed E-state index contributed by atoms with van der Waals surface area (Å²) >= 11 is 3.33. The van der Waals surface area contributed by atoms with Crippen molar-refractivity contribution in [1.82, 2.24) is 5.48 Å². The van der Waals surface area contributed by atoms with Gasteiger partial charge in [-0.05, 0) is 30.7 Å². The molecule has 0 aromatic heterocycles. The molecule has 0 amide bonds. The molecule has 0 saturated carbocycles. The van der Waals surface area contributed by atoms with Crippen molar-refractivity contribution in [3.05, 3.63) is 28.2 Å². The van der Waals surface area contributed by atoms with E-state index in [4.69, 9.17) is 10.9 Å². The second-order valence-corrected chi connectivity index (χ2v) is 3.46. The molecule has 0 radical (unpaired) electrons. The van der Waals surface area contributed by atoms with E-state index >= 15 is 0 Å². The van der Waals surface area contributed by atoms with Crippen LogP contribution in [-0.4, -0.2) is 11.2 Å². The second-order valence-electron chi connectivity index (χ2n) is 2.54. The van der Waals surface area contributed by atoms with Gasteiger partial charge in [0.1, 0.15) is 0 Å². The standard InChI is InChI=1S/C8H10BrN3O/c1-5-4-6(9)2-3-7(5)11-8(10)12-13/h2-4,13H,1H3,(H3,10,11,12). The number of hydrogen-bond acceptors (Lipinski definition) is 2. The van der Waals surface area contributed by atoms with Crippen LogP contribution >= 0.6 is 15.9 Å². The summed E-state index contributed by atoms with van der Waals surface area (Å²) in [5.41, 5.74) is 8.76. The molecule has 1 rings (SSSR count). The minimum Gasteiger partial charge on any atom is -0.368 e. The Morgan fingerprint density at radius 3 is 2.85 bits per heavy atom. The Morgan fingerprint density at radius 2 is 2.31 bits per heavy atom. The molecule has 0 fully saturated rings. The Hall–Kier alpha value is -1.07. The van der Waals surface area contributed by atoms with Crippen LogP contribution in [0.4, 0.5) is 5.69 Å². The Bertz CT molecular complexity index is 338. The van der Waals surface area contributed by atoms with E-state index in [1.165, 1.54) is 0 Å². The van der Waals surface area contributed by atoms with Crippen molar-refractivity contribution in [3.63, 3.8) is 0 Å². The molecule has 0 spiro atoms. The lowest BCUT2D eigenvalue weighted by Crippen LogP contribution is -2.27. The summed E-state index contributed by atoms with van der Waals surface area (Å²) in [5.74, 6) is -0.0228. The fourth-order valence-electron chi connectivity index (χ4n) is 0.899. The van der Waals surface area contributed by atoms with Crippen LogP contribution in [0.15, 0.2) is 27.7 Å². The molecular formula is C8H10BrN3O. The second kappa shape index (κ2) is 4.25. The first-order chi connectivity index (χ1) is 6.13. The van der Waals surface area contributed by atoms with Crippen molar-refractivity contribution in [1.29, 1.82) is 0 Å². The number of benzene rings is 1. The predicted molar refractivity (Wildman–Crippen MR) is 55.1 cm³/mol. The fraction of sp³-hybridized carbons (Fsp3) is 0.125. The van der Waals surface area contributed by atoms with Crippen LogP contribution in [0.3, 0.4) is 0 Å². The van der Waals surface area contributed by atoms with E-state index in [1.54, 1.807) is 5.48 Å². The summed E-state index contributed by atoms with van der Waals surface area (Å²) < 4.78 is 0.986. The summed E-state index contributed by atoms with van der Waals surface area (Å²) in [6, 6.07) is 5.59. The van der Waals surface area contributed by atoms with Crippen molar-refractivity contribution in [3.8, 4) is 0 Å². The lowest BCUT2D eigenvalue weighted by atomic mass is 10.2. The molecule has 0 bridgehead atoms. The van der Waals surface area contributed by atoms with Crippen LogP contribution < -0.4 is 11.2 Å². The molecule has 0 aliphatic heterocycles. The molecule has 5 heteroatoms. The van der Waals surface area contributed by atoms with Gasteiger partial charge in [0.15, 0.2) is 0 Å². The number of nitrogens with one attached hydrogen (secondary N) is 1. The summed E-state index contributed by atoms with van der Waals surface area (Å²) in [6.07, 6.45) is 0. The third-order valence-electron chi connectivity index (χ3n) is 1.51. The minimum absolute atomic E-state index is 0.0228. The normalized spacial score (nSPS) is 11.5. The molecule has 0 saturated heterocycles. The summed E-state index contributed by atoms with van der Waals surface area (Å²) in [6.45, 7) is 1.91. The first-order valence-electron chi connectivity index (χ1n) is 3.64. The quantitative estimate of drug-likeness (QED) is 0.400. The molecule has 0 heterocycles. The smallest absolute Gasteiger partial charge is 0.218 e. The molecule has 0 aliphatic carbocycles. The molecule has 0 aliphatic rings. The van der Waals surface area contributed by atoms with Crippen molar-refractivity contribution in [2.75, 3.05) is 0 Å². The summed E-state index contributed by atoms with van der Waals surface area (Å²) in [5, 5.41) is 8.43. The van der Waals surface area contributed by atoms with E-state index in [0.29, 0.717) is 0 Å². The maximum absolute atomic E-state index is 8.43. The largest absolute Gasteiger partial charge is 0.368 e. The maximum Gasteiger partial charge on any atom is 0.218 e. The van der Waals surface area contributed by atoms with Gasteiger partial charge in [0.2, 0.25) is 5.96 Å². The van der Waals surface area contributed by atoms with Crippen molar-refractivity contribution < 1.29 is 5.21 Å². The average molecular weight is 244 g/mol. The number of aliphatic imine (C=N–C) groups is 1. The third kappa shape index (κ3) is 2.71. The van der Waals surface area contributed by atoms with Gasteiger partial charge in [0, 0.05) is 4.47 Å². The topological polar surface area (TPSA) is 70.6 Å². The number of nitrogens with zero attached hydrogens (tertiary/aromatic N) is 1. The predicted octanol–water partition coefficient (Wildman–Crippen LogP) is 1.68. The van der Waals surface area contributed by atoms with Crippen molar-refractivity contribution in [2.24, 2.45) is 10.7 Å². The molecule has 4 N–H and O–H groups in total. The molecule has 4 nitrogen and oxygen atoms in total. The van der Waals surface area contributed by atoms with E-state index in [0.717, 1.165) is 15.7 Å². The first-order valence-corrected chi connectivity index (χ1v) is 4.43. The van der Waals surface area contributed by atoms with Crippen LogP contribution in [0, 0.1) is 6.92 Å². The van der Waals surface area contributed by atoms with Crippen LogP contribution in [0.5, 0.6) is 0 Å². The van der Waals surface area contributed by atoms with Crippen molar-refractivity contribution >= 4 is 27.6 Å². The lowest BCUT2D eigenvalue weighted by molar-refractivity contribution is 0.233. The molecule has 0 unspecified atom stereocenters. The van der Waals surface area contributed by atoms with Crippen molar-refractivity contribution in [2.45, 2.75) is 6.92 Å². The average Bonchev–Trinajstić information content (AvgIpc) is 2.09. The van der Waals surface area contributed by atoms with E-state index in [1.807, 2.05) is 25.1 Å². The van der Waals surface area contributed by atoms with Gasteiger partial charge in [-0.15, -0.1) is 0 Å². The van der Waals surface area contributed by atoms with Gasteiger partial charge in [0.25, 0.3) is 0 Å². The van der Waals surface area contributed by atoms with Gasteiger partial charge >= 0.3 is 0 Å². The molecule has 1 aromatic rings. The fourth-order valence-corrected chi connectivity index (χ4v) is 1.37. The van der Waals surface area contributed by atoms with Gasteiger partial charge in [-0.3, -0.25) is 5.21 Å². The highest BCUT2D eigenvalue weighted by atomic mass is 79.9. The highest BCUT2D eigenvalue weighted by Gasteiger charge is 1.97. The van der Waals surface area contributed by atoms with Crippen LogP contribution in [0.25, 0.3) is 0 Å². The number of hydroxylamine groups is 1. The SMILES string of the molecule is Cc1cc(Br)ccc1N=C(N)NO. The van der Waals surface area contributed by atoms with Gasteiger partial charge < -0.3 is 5.73 Å². The van der Waals surface area contributed by atoms with Gasteiger partial charge in [-0.2, -0.15) is 0 Å². The van der Waals surface area contributed by atoms with Gasteiger partial charge in [0.05, 0.1) is 5.69 Å². The zero-order valence-corrected chi connectivity index (χ0v) is 8.67. The first kappa shape index (κ1) is 10.0. The van der Waals surface area contributed by atoms with Gasteiger partial charge in [-0.25, -0.2) is 10.5 Å². The number of hydrogen-bond donors (Lipinski definition) is 3. The number of aryl methyl sites for hydroxylation is 1. The zero-order chi connectivity index (χ0) is 9.84. The maximum atomic E-state index is 8.43. The van der Waals surface area contributed by atoms with E-state index in [2.05, 4.69) is 20.9 Å². The number of rotatable bonds is 1. The highest BCUT2D eigenvalue weighted by Crippen LogP contribution is 2.22.